The molecule has 2 atom stereocenters. The van der Waals surface area contributed by atoms with Crippen LogP contribution in [0.4, 0.5) is 8.78 Å². The first-order chi connectivity index (χ1) is 24.3. The van der Waals surface area contributed by atoms with Gasteiger partial charge in [0.2, 0.25) is 0 Å². The van der Waals surface area contributed by atoms with Crippen LogP contribution in [0.1, 0.15) is 116 Å². The van der Waals surface area contributed by atoms with Gasteiger partial charge in [-0.1, -0.05) is 0 Å². The van der Waals surface area contributed by atoms with Crippen molar-refractivity contribution < 1.29 is 37.4 Å². The summed E-state index contributed by atoms with van der Waals surface area (Å²) in [6.07, 6.45) is 17.8. The molecule has 0 aromatic rings. The monoisotopic (exact) mass is 746 g/mol. The predicted molar refractivity (Wildman–Crippen MR) is 191 cm³/mol. The second kappa shape index (κ2) is 11.7. The molecular formula is C41H56F2O6S2. The minimum atomic E-state index is -3.03. The van der Waals surface area contributed by atoms with E-state index in [1.807, 2.05) is 23.5 Å². The largest absolute Gasteiger partial charge is 0.464 e. The third kappa shape index (κ3) is 5.68. The maximum atomic E-state index is 14.1. The topological polar surface area (TPSA) is 78.9 Å². The number of hydrogen-bond donors (Lipinski definition) is 0. The number of rotatable bonds is 9. The number of ether oxygens (including phenoxy) is 3. The van der Waals surface area contributed by atoms with E-state index in [9.17, 15) is 23.2 Å². The van der Waals surface area contributed by atoms with Gasteiger partial charge in [-0.05, 0) is 162 Å². The molecule has 0 aromatic heterocycles. The predicted octanol–water partition coefficient (Wildman–Crippen LogP) is 8.69. The molecule has 1 heterocycles. The molecule has 13 rings (SSSR count). The third-order valence-electron chi connectivity index (χ3n) is 16.4. The molecule has 12 bridgehead atoms. The Bertz CT molecular complexity index is 1320. The number of thioether (sulfide) groups is 2. The molecule has 12 aliphatic carbocycles. The van der Waals surface area contributed by atoms with Crippen molar-refractivity contribution in [3.05, 3.63) is 0 Å². The Morgan fingerprint density at radius 3 is 1.25 bits per heavy atom. The lowest BCUT2D eigenvalue weighted by atomic mass is 9.49. The van der Waals surface area contributed by atoms with Crippen LogP contribution in [-0.4, -0.2) is 59.2 Å². The SMILES string of the molecule is CC(F)(F)COC(=O)C12CC3CC(C1)C1(SCC(COC(=O)C45CC6CC(CC(C6)C4)C5)(COC(=O)C45CC6CC(CC(C6)C4)C5)CS1)C(C3)C2. The highest BCUT2D eigenvalue weighted by molar-refractivity contribution is 8.18. The Balaban J connectivity index is 0.862. The van der Waals surface area contributed by atoms with Gasteiger partial charge in [0, 0.05) is 18.4 Å². The summed E-state index contributed by atoms with van der Waals surface area (Å²) in [5.41, 5.74) is -1.76. The Labute approximate surface area is 310 Å². The molecule has 1 saturated heterocycles. The normalized spacial score (nSPS) is 51.2. The van der Waals surface area contributed by atoms with Crippen molar-refractivity contribution in [1.82, 2.24) is 0 Å². The van der Waals surface area contributed by atoms with Gasteiger partial charge in [0.05, 0.1) is 25.7 Å². The first-order valence-electron chi connectivity index (χ1n) is 20.4. The van der Waals surface area contributed by atoms with Gasteiger partial charge in [-0.3, -0.25) is 14.4 Å². The summed E-state index contributed by atoms with van der Waals surface area (Å²) in [6.45, 7) is 0.528. The van der Waals surface area contributed by atoms with Gasteiger partial charge in [0.25, 0.3) is 5.92 Å². The molecule has 10 heteroatoms. The standard InChI is InChI=1S/C41H56F2O6S2/c1-36(42,43)19-47-35(46)40-16-30-8-31(17-40)41(32(9-30)18-40)50-22-37(23-51-41,20-48-33(44)38-10-24-2-25(11-38)4-26(3-24)12-38)21-49-34(45)39-13-27-5-28(14-39)7-29(6-27)15-39/h24-32H,2-23H2,1H3. The van der Waals surface area contributed by atoms with Crippen LogP contribution < -0.4 is 0 Å². The van der Waals surface area contributed by atoms with Crippen LogP contribution >= 0.6 is 23.5 Å². The van der Waals surface area contributed by atoms with Crippen LogP contribution in [0.2, 0.25) is 0 Å². The van der Waals surface area contributed by atoms with E-state index in [1.165, 1.54) is 38.5 Å². The number of carbonyl (C=O) groups excluding carboxylic acids is 3. The van der Waals surface area contributed by atoms with E-state index in [4.69, 9.17) is 14.2 Å². The molecule has 13 fully saturated rings. The highest BCUT2D eigenvalue weighted by atomic mass is 32.2. The van der Waals surface area contributed by atoms with E-state index in [-0.39, 0.29) is 40.1 Å². The van der Waals surface area contributed by atoms with E-state index in [0.717, 1.165) is 76.2 Å². The van der Waals surface area contributed by atoms with Crippen molar-refractivity contribution in [2.45, 2.75) is 126 Å². The number of carbonyl (C=O) groups is 3. The highest BCUT2D eigenvalue weighted by Crippen LogP contribution is 2.73. The van der Waals surface area contributed by atoms with Crippen molar-refractivity contribution in [2.75, 3.05) is 31.3 Å². The molecule has 0 aromatic carbocycles. The van der Waals surface area contributed by atoms with E-state index in [2.05, 4.69) is 0 Å². The van der Waals surface area contributed by atoms with Crippen LogP contribution in [-0.2, 0) is 28.6 Å². The highest BCUT2D eigenvalue weighted by Gasteiger charge is 2.67. The third-order valence-corrected chi connectivity index (χ3v) is 20.8. The van der Waals surface area contributed by atoms with Crippen molar-refractivity contribution in [3.63, 3.8) is 0 Å². The Kier molecular flexibility index (Phi) is 7.93. The summed E-state index contributed by atoms with van der Waals surface area (Å²) in [5.74, 6) is 3.04. The molecule has 13 aliphatic rings. The second-order valence-electron chi connectivity index (χ2n) is 20.6. The average molecular weight is 747 g/mol. The molecule has 0 radical (unpaired) electrons. The summed E-state index contributed by atoms with van der Waals surface area (Å²) in [4.78, 5) is 41.7. The Hall–Kier alpha value is -1.03. The second-order valence-corrected chi connectivity index (χ2v) is 23.4. The fourth-order valence-electron chi connectivity index (χ4n) is 15.3. The average Bonchev–Trinajstić information content (AvgIpc) is 3.06. The molecule has 6 nitrogen and oxygen atoms in total. The zero-order valence-corrected chi connectivity index (χ0v) is 31.9. The van der Waals surface area contributed by atoms with Crippen LogP contribution in [0.25, 0.3) is 0 Å². The fraction of sp³-hybridized carbons (Fsp3) is 0.927. The van der Waals surface area contributed by atoms with Gasteiger partial charge in [0.1, 0.15) is 13.2 Å². The van der Waals surface area contributed by atoms with Crippen LogP contribution in [0.15, 0.2) is 0 Å². The van der Waals surface area contributed by atoms with E-state index in [1.54, 1.807) is 0 Å². The molecular weight excluding hydrogens is 691 g/mol. The first-order valence-corrected chi connectivity index (χ1v) is 22.4. The minimum Gasteiger partial charge on any atom is -0.464 e. The lowest BCUT2D eigenvalue weighted by Crippen LogP contribution is -2.62. The lowest BCUT2D eigenvalue weighted by molar-refractivity contribution is -0.180. The van der Waals surface area contributed by atoms with Crippen molar-refractivity contribution in [3.8, 4) is 0 Å². The first kappa shape index (κ1) is 34.5. The van der Waals surface area contributed by atoms with Crippen molar-refractivity contribution in [1.29, 1.82) is 0 Å². The maximum absolute atomic E-state index is 14.1. The van der Waals surface area contributed by atoms with Gasteiger partial charge in [-0.25, -0.2) is 8.78 Å². The zero-order chi connectivity index (χ0) is 35.0. The molecule has 0 N–H and O–H groups in total. The van der Waals surface area contributed by atoms with E-state index >= 15 is 0 Å². The van der Waals surface area contributed by atoms with Crippen LogP contribution in [0, 0.1) is 74.9 Å². The van der Waals surface area contributed by atoms with E-state index in [0.29, 0.717) is 66.1 Å². The summed E-state index contributed by atoms with van der Waals surface area (Å²) < 4.78 is 45.5. The van der Waals surface area contributed by atoms with Crippen LogP contribution in [0.5, 0.6) is 0 Å². The maximum Gasteiger partial charge on any atom is 0.312 e. The summed E-state index contributed by atoms with van der Waals surface area (Å²) in [5, 5.41) is 0. The van der Waals surface area contributed by atoms with Crippen molar-refractivity contribution >= 4 is 41.4 Å². The van der Waals surface area contributed by atoms with E-state index < -0.39 is 29.3 Å². The molecule has 1 aliphatic heterocycles. The zero-order valence-electron chi connectivity index (χ0n) is 30.3. The molecule has 1 spiro atoms. The smallest absolute Gasteiger partial charge is 0.312 e. The molecule has 0 amide bonds. The summed E-state index contributed by atoms with van der Waals surface area (Å²) >= 11 is 3.93. The van der Waals surface area contributed by atoms with Gasteiger partial charge in [-0.2, -0.15) is 0 Å². The minimum absolute atomic E-state index is 0.00333. The van der Waals surface area contributed by atoms with Gasteiger partial charge in [-0.15, -0.1) is 23.5 Å². The molecule has 51 heavy (non-hydrogen) atoms. The lowest BCUT2D eigenvalue weighted by Gasteiger charge is -2.65. The number of alkyl halides is 2. The number of hydrogen-bond acceptors (Lipinski definition) is 8. The Morgan fingerprint density at radius 2 is 0.882 bits per heavy atom. The summed E-state index contributed by atoms with van der Waals surface area (Å²) in [6, 6.07) is 0. The number of halogens is 2. The number of esters is 3. The van der Waals surface area contributed by atoms with Gasteiger partial charge < -0.3 is 14.2 Å². The van der Waals surface area contributed by atoms with Crippen LogP contribution in [0.3, 0.4) is 0 Å². The molecule has 282 valence electrons. The molecule has 12 saturated carbocycles. The fourth-order valence-corrected chi connectivity index (χ4v) is 19.4. The Morgan fingerprint density at radius 1 is 0.549 bits per heavy atom. The molecule has 2 unspecified atom stereocenters. The quantitative estimate of drug-likeness (QED) is 0.171. The summed E-state index contributed by atoms with van der Waals surface area (Å²) in [7, 11) is 0. The van der Waals surface area contributed by atoms with Crippen molar-refractivity contribution in [2.24, 2.45) is 74.9 Å². The van der Waals surface area contributed by atoms with Gasteiger partial charge in [0.15, 0.2) is 6.61 Å². The van der Waals surface area contributed by atoms with Gasteiger partial charge >= 0.3 is 17.9 Å².